The standard InChI is InChI=1S/C19H34N4O2/c1-13(2)21-17(24)12-22-6-8-23(9-7-22)19(25)16-10-14-4-3-5-15(11-16)18(14)20/h13-16,18H,3-12,20H2,1-2H3,(H,21,24). The first-order valence-corrected chi connectivity index (χ1v) is 10.00. The van der Waals surface area contributed by atoms with Crippen molar-refractivity contribution < 1.29 is 9.59 Å². The van der Waals surface area contributed by atoms with E-state index in [0.717, 1.165) is 39.0 Å². The van der Waals surface area contributed by atoms with E-state index in [-0.39, 0.29) is 17.9 Å². The Hall–Kier alpha value is -1.14. The second kappa shape index (κ2) is 8.04. The summed E-state index contributed by atoms with van der Waals surface area (Å²) >= 11 is 0. The lowest BCUT2D eigenvalue weighted by atomic mass is 9.65. The Morgan fingerprint density at radius 1 is 1.08 bits per heavy atom. The minimum absolute atomic E-state index is 0.0730. The molecule has 1 heterocycles. The van der Waals surface area contributed by atoms with Crippen LogP contribution >= 0.6 is 0 Å². The van der Waals surface area contributed by atoms with Crippen LogP contribution in [0.1, 0.15) is 46.0 Å². The Kier molecular flexibility index (Phi) is 6.00. The second-order valence-electron chi connectivity index (χ2n) is 8.52. The van der Waals surface area contributed by atoms with Gasteiger partial charge in [0.2, 0.25) is 11.8 Å². The maximum absolute atomic E-state index is 13.0. The van der Waals surface area contributed by atoms with Gasteiger partial charge < -0.3 is 16.0 Å². The van der Waals surface area contributed by atoms with Gasteiger partial charge in [-0.2, -0.15) is 0 Å². The molecule has 25 heavy (non-hydrogen) atoms. The molecule has 6 nitrogen and oxygen atoms in total. The van der Waals surface area contributed by atoms with Gasteiger partial charge in [-0.25, -0.2) is 0 Å². The van der Waals surface area contributed by atoms with E-state index in [1.54, 1.807) is 0 Å². The van der Waals surface area contributed by atoms with Crippen LogP contribution in [-0.4, -0.2) is 66.4 Å². The Bertz CT molecular complexity index is 474. The molecule has 6 heteroatoms. The van der Waals surface area contributed by atoms with Crippen molar-refractivity contribution in [2.45, 2.75) is 58.0 Å². The molecule has 0 aromatic heterocycles. The SMILES string of the molecule is CC(C)NC(=O)CN1CCN(C(=O)C2CC3CCCC(C2)C3N)CC1. The van der Waals surface area contributed by atoms with E-state index in [4.69, 9.17) is 5.73 Å². The Labute approximate surface area is 151 Å². The number of carbonyl (C=O) groups excluding carboxylic acids is 2. The van der Waals surface area contributed by atoms with Crippen LogP contribution in [0.25, 0.3) is 0 Å². The van der Waals surface area contributed by atoms with Crippen LogP contribution in [-0.2, 0) is 9.59 Å². The summed E-state index contributed by atoms with van der Waals surface area (Å²) in [5.74, 6) is 1.66. The second-order valence-corrected chi connectivity index (χ2v) is 8.52. The summed E-state index contributed by atoms with van der Waals surface area (Å²) in [4.78, 5) is 29.0. The van der Waals surface area contributed by atoms with E-state index in [9.17, 15) is 9.59 Å². The van der Waals surface area contributed by atoms with E-state index in [2.05, 4.69) is 10.2 Å². The molecule has 142 valence electrons. The first-order chi connectivity index (χ1) is 11.9. The molecular weight excluding hydrogens is 316 g/mol. The van der Waals surface area contributed by atoms with Crippen LogP contribution in [0.4, 0.5) is 0 Å². The van der Waals surface area contributed by atoms with Crippen LogP contribution in [0.5, 0.6) is 0 Å². The Balaban J connectivity index is 1.46. The van der Waals surface area contributed by atoms with Gasteiger partial charge in [-0.1, -0.05) is 6.42 Å². The molecule has 2 aliphatic carbocycles. The highest BCUT2D eigenvalue weighted by Gasteiger charge is 2.41. The molecule has 3 rings (SSSR count). The average molecular weight is 351 g/mol. The van der Waals surface area contributed by atoms with E-state index in [1.807, 2.05) is 18.7 Å². The van der Waals surface area contributed by atoms with Gasteiger partial charge in [-0.15, -0.1) is 0 Å². The van der Waals surface area contributed by atoms with Crippen molar-refractivity contribution in [1.29, 1.82) is 0 Å². The molecule has 0 aromatic rings. The highest BCUT2D eigenvalue weighted by atomic mass is 16.2. The molecule has 3 fully saturated rings. The number of fused-ring (bicyclic) bond motifs is 2. The normalized spacial score (nSPS) is 33.4. The number of piperazine rings is 1. The molecule has 0 radical (unpaired) electrons. The third-order valence-electron chi connectivity index (χ3n) is 6.26. The molecule has 2 amide bonds. The fourth-order valence-electron chi connectivity index (χ4n) is 4.95. The summed E-state index contributed by atoms with van der Waals surface area (Å²) in [6, 6.07) is 0.488. The highest BCUT2D eigenvalue weighted by Crippen LogP contribution is 2.42. The number of hydrogen-bond acceptors (Lipinski definition) is 4. The zero-order valence-electron chi connectivity index (χ0n) is 15.7. The molecule has 3 N–H and O–H groups in total. The van der Waals surface area contributed by atoms with Crippen molar-refractivity contribution >= 4 is 11.8 Å². The van der Waals surface area contributed by atoms with E-state index >= 15 is 0 Å². The summed E-state index contributed by atoms with van der Waals surface area (Å²) in [5.41, 5.74) is 6.35. The minimum Gasteiger partial charge on any atom is -0.353 e. The van der Waals surface area contributed by atoms with Gasteiger partial charge in [-0.05, 0) is 51.4 Å². The number of carbonyl (C=O) groups is 2. The minimum atomic E-state index is 0.0730. The summed E-state index contributed by atoms with van der Waals surface area (Å²) in [6.07, 6.45) is 5.63. The molecule has 3 aliphatic rings. The van der Waals surface area contributed by atoms with Gasteiger partial charge in [0.15, 0.2) is 0 Å². The smallest absolute Gasteiger partial charge is 0.234 e. The largest absolute Gasteiger partial charge is 0.353 e. The van der Waals surface area contributed by atoms with Gasteiger partial charge in [0.05, 0.1) is 6.54 Å². The number of nitrogens with one attached hydrogen (secondary N) is 1. The molecule has 1 aliphatic heterocycles. The molecular formula is C19H34N4O2. The van der Waals surface area contributed by atoms with Crippen LogP contribution in [0.3, 0.4) is 0 Å². The monoisotopic (exact) mass is 350 g/mol. The van der Waals surface area contributed by atoms with Crippen LogP contribution < -0.4 is 11.1 Å². The van der Waals surface area contributed by atoms with Crippen molar-refractivity contribution in [2.24, 2.45) is 23.5 Å². The Morgan fingerprint density at radius 3 is 2.24 bits per heavy atom. The molecule has 0 spiro atoms. The summed E-state index contributed by atoms with van der Waals surface area (Å²) in [5, 5.41) is 2.93. The van der Waals surface area contributed by atoms with Crippen molar-refractivity contribution in [1.82, 2.24) is 15.1 Å². The number of nitrogens with zero attached hydrogens (tertiary/aromatic N) is 2. The van der Waals surface area contributed by atoms with Gasteiger partial charge in [-0.3, -0.25) is 14.5 Å². The quantitative estimate of drug-likeness (QED) is 0.786. The lowest BCUT2D eigenvalue weighted by molar-refractivity contribution is -0.140. The number of nitrogens with two attached hydrogens (primary N) is 1. The van der Waals surface area contributed by atoms with E-state index in [0.29, 0.717) is 30.3 Å². The van der Waals surface area contributed by atoms with Crippen LogP contribution in [0.2, 0.25) is 0 Å². The molecule has 1 saturated heterocycles. The van der Waals surface area contributed by atoms with Gasteiger partial charge in [0.1, 0.15) is 0 Å². The van der Waals surface area contributed by atoms with Crippen molar-refractivity contribution in [3.05, 3.63) is 0 Å². The zero-order chi connectivity index (χ0) is 18.0. The lowest BCUT2D eigenvalue weighted by Gasteiger charge is -2.45. The van der Waals surface area contributed by atoms with Gasteiger partial charge in [0.25, 0.3) is 0 Å². The lowest BCUT2D eigenvalue weighted by Crippen LogP contribution is -2.54. The zero-order valence-corrected chi connectivity index (χ0v) is 15.7. The first kappa shape index (κ1) is 18.6. The molecule has 2 bridgehead atoms. The third kappa shape index (κ3) is 4.53. The summed E-state index contributed by atoms with van der Waals surface area (Å²) < 4.78 is 0. The number of rotatable bonds is 4. The predicted octanol–water partition coefficient (Wildman–Crippen LogP) is 0.809. The average Bonchev–Trinajstić information content (AvgIpc) is 2.54. The summed E-state index contributed by atoms with van der Waals surface area (Å²) in [7, 11) is 0. The van der Waals surface area contributed by atoms with E-state index in [1.165, 1.54) is 19.3 Å². The fourth-order valence-corrected chi connectivity index (χ4v) is 4.95. The van der Waals surface area contributed by atoms with E-state index < -0.39 is 0 Å². The molecule has 2 atom stereocenters. The fraction of sp³-hybridized carbons (Fsp3) is 0.895. The predicted molar refractivity (Wildman–Crippen MR) is 97.8 cm³/mol. The van der Waals surface area contributed by atoms with Crippen LogP contribution in [0, 0.1) is 17.8 Å². The molecule has 0 aromatic carbocycles. The highest BCUT2D eigenvalue weighted by molar-refractivity contribution is 5.80. The topological polar surface area (TPSA) is 78.7 Å². The van der Waals surface area contributed by atoms with Crippen molar-refractivity contribution in [3.8, 4) is 0 Å². The van der Waals surface area contributed by atoms with Gasteiger partial charge >= 0.3 is 0 Å². The van der Waals surface area contributed by atoms with Crippen LogP contribution in [0.15, 0.2) is 0 Å². The number of amides is 2. The summed E-state index contributed by atoms with van der Waals surface area (Å²) in [6.45, 7) is 7.44. The Morgan fingerprint density at radius 2 is 1.68 bits per heavy atom. The molecule has 2 unspecified atom stereocenters. The molecule has 2 saturated carbocycles. The number of hydrogen-bond donors (Lipinski definition) is 2. The first-order valence-electron chi connectivity index (χ1n) is 10.00. The maximum atomic E-state index is 13.0. The van der Waals surface area contributed by atoms with Crippen molar-refractivity contribution in [3.63, 3.8) is 0 Å². The van der Waals surface area contributed by atoms with Gasteiger partial charge in [0, 0.05) is 44.2 Å². The maximum Gasteiger partial charge on any atom is 0.234 e. The third-order valence-corrected chi connectivity index (χ3v) is 6.26. The van der Waals surface area contributed by atoms with Crippen molar-refractivity contribution in [2.75, 3.05) is 32.7 Å².